The molecule has 2 aliphatic rings. The van der Waals surface area contributed by atoms with Crippen LogP contribution >= 0.6 is 0 Å². The van der Waals surface area contributed by atoms with Crippen molar-refractivity contribution in [2.24, 2.45) is 5.92 Å². The van der Waals surface area contributed by atoms with Gasteiger partial charge < -0.3 is 24.5 Å². The van der Waals surface area contributed by atoms with Crippen LogP contribution in [0.3, 0.4) is 0 Å². The Hall–Kier alpha value is -2.19. The van der Waals surface area contributed by atoms with Gasteiger partial charge in [-0.3, -0.25) is 0 Å². The molecule has 8 heteroatoms. The van der Waals surface area contributed by atoms with Gasteiger partial charge in [-0.25, -0.2) is 0 Å². The molecule has 122 valence electrons. The Balaban J connectivity index is 1.67. The van der Waals surface area contributed by atoms with E-state index >= 15 is 0 Å². The Morgan fingerprint density at radius 3 is 2.91 bits per heavy atom. The molecule has 0 spiro atoms. The SMILES string of the molecule is O=[N+]([O-])c1c(N2CCCC(C3OCCO3)C2)nc2ccccn12. The Kier molecular flexibility index (Phi) is 3.62. The minimum absolute atomic E-state index is 0.0227. The molecule has 0 N–H and O–H groups in total. The second-order valence-corrected chi connectivity index (χ2v) is 5.90. The van der Waals surface area contributed by atoms with Gasteiger partial charge in [0.1, 0.15) is 0 Å². The molecule has 4 rings (SSSR count). The van der Waals surface area contributed by atoms with Gasteiger partial charge in [0, 0.05) is 25.1 Å². The van der Waals surface area contributed by atoms with Gasteiger partial charge in [-0.05, 0) is 23.8 Å². The van der Waals surface area contributed by atoms with E-state index < -0.39 is 0 Å². The highest BCUT2D eigenvalue weighted by atomic mass is 16.7. The standard InChI is InChI=1S/C15H18N4O4/c20-19(21)14-13(16-12-5-1-2-7-18(12)14)17-6-3-4-11(10-17)15-22-8-9-23-15/h1-2,5,7,11,15H,3-4,6,8-10H2. The van der Waals surface area contributed by atoms with Crippen molar-refractivity contribution >= 4 is 17.3 Å². The van der Waals surface area contributed by atoms with Crippen molar-refractivity contribution < 1.29 is 14.4 Å². The average Bonchev–Trinajstić information content (AvgIpc) is 3.22. The highest BCUT2D eigenvalue weighted by Gasteiger charge is 2.35. The average molecular weight is 318 g/mol. The maximum Gasteiger partial charge on any atom is 0.372 e. The zero-order chi connectivity index (χ0) is 15.8. The Morgan fingerprint density at radius 2 is 2.13 bits per heavy atom. The number of pyridine rings is 1. The topological polar surface area (TPSA) is 82.1 Å². The van der Waals surface area contributed by atoms with Crippen LogP contribution in [-0.2, 0) is 9.47 Å². The number of fused-ring (bicyclic) bond motifs is 1. The monoisotopic (exact) mass is 318 g/mol. The minimum Gasteiger partial charge on any atom is -0.358 e. The van der Waals surface area contributed by atoms with Gasteiger partial charge in [-0.2, -0.15) is 9.38 Å². The van der Waals surface area contributed by atoms with Gasteiger partial charge in [0.2, 0.25) is 11.5 Å². The lowest BCUT2D eigenvalue weighted by molar-refractivity contribution is -0.389. The van der Waals surface area contributed by atoms with Crippen molar-refractivity contribution in [3.63, 3.8) is 0 Å². The van der Waals surface area contributed by atoms with Gasteiger partial charge in [0.25, 0.3) is 0 Å². The summed E-state index contributed by atoms with van der Waals surface area (Å²) in [4.78, 5) is 17.7. The van der Waals surface area contributed by atoms with E-state index in [-0.39, 0.29) is 22.9 Å². The minimum atomic E-state index is -0.360. The molecule has 0 bridgehead atoms. The summed E-state index contributed by atoms with van der Waals surface area (Å²) < 4.78 is 12.7. The summed E-state index contributed by atoms with van der Waals surface area (Å²) in [5.41, 5.74) is 0.588. The lowest BCUT2D eigenvalue weighted by atomic mass is 9.97. The van der Waals surface area contributed by atoms with Crippen LogP contribution in [0.4, 0.5) is 11.6 Å². The van der Waals surface area contributed by atoms with Crippen molar-refractivity contribution in [3.8, 4) is 0 Å². The van der Waals surface area contributed by atoms with E-state index in [0.717, 1.165) is 19.4 Å². The van der Waals surface area contributed by atoms with E-state index in [9.17, 15) is 10.1 Å². The third-order valence-corrected chi connectivity index (χ3v) is 4.45. The molecule has 1 unspecified atom stereocenters. The third kappa shape index (κ3) is 2.53. The zero-order valence-corrected chi connectivity index (χ0v) is 12.6. The molecule has 8 nitrogen and oxygen atoms in total. The summed E-state index contributed by atoms with van der Waals surface area (Å²) in [5.74, 6) is 0.675. The molecule has 2 aliphatic heterocycles. The lowest BCUT2D eigenvalue weighted by Gasteiger charge is -2.34. The Morgan fingerprint density at radius 1 is 1.30 bits per heavy atom. The number of nitrogens with zero attached hydrogens (tertiary/aromatic N) is 4. The van der Waals surface area contributed by atoms with Gasteiger partial charge in [-0.15, -0.1) is 0 Å². The van der Waals surface area contributed by atoms with Crippen molar-refractivity contribution in [1.29, 1.82) is 0 Å². The number of anilines is 1. The van der Waals surface area contributed by atoms with Gasteiger partial charge >= 0.3 is 5.82 Å². The van der Waals surface area contributed by atoms with Crippen LogP contribution in [0.5, 0.6) is 0 Å². The largest absolute Gasteiger partial charge is 0.372 e. The van der Waals surface area contributed by atoms with Crippen LogP contribution in [0.1, 0.15) is 12.8 Å². The summed E-state index contributed by atoms with van der Waals surface area (Å²) >= 11 is 0. The molecule has 2 aromatic rings. The van der Waals surface area contributed by atoms with Gasteiger partial charge in [0.15, 0.2) is 6.29 Å². The molecule has 0 saturated carbocycles. The van der Waals surface area contributed by atoms with Gasteiger partial charge in [-0.1, -0.05) is 6.07 Å². The van der Waals surface area contributed by atoms with E-state index in [4.69, 9.17) is 9.47 Å². The van der Waals surface area contributed by atoms with E-state index in [1.807, 2.05) is 11.0 Å². The molecular weight excluding hydrogens is 300 g/mol. The first kappa shape index (κ1) is 14.4. The normalized spacial score (nSPS) is 22.8. The number of rotatable bonds is 3. The maximum atomic E-state index is 11.5. The number of aromatic nitrogens is 2. The fourth-order valence-electron chi connectivity index (χ4n) is 3.43. The predicted molar refractivity (Wildman–Crippen MR) is 82.5 cm³/mol. The molecule has 2 aromatic heterocycles. The first-order valence-corrected chi connectivity index (χ1v) is 7.83. The maximum absolute atomic E-state index is 11.5. The van der Waals surface area contributed by atoms with Crippen molar-refractivity contribution in [3.05, 3.63) is 34.5 Å². The highest BCUT2D eigenvalue weighted by Crippen LogP contribution is 2.33. The van der Waals surface area contributed by atoms with Gasteiger partial charge in [0.05, 0.1) is 19.4 Å². The Bertz CT molecular complexity index is 725. The molecule has 0 aliphatic carbocycles. The Labute approximate surface area is 132 Å². The van der Waals surface area contributed by atoms with Crippen LogP contribution in [0.2, 0.25) is 0 Å². The summed E-state index contributed by atoms with van der Waals surface area (Å²) in [6.07, 6.45) is 3.42. The predicted octanol–water partition coefficient (Wildman–Crippen LogP) is 1.83. The number of imidazole rings is 1. The molecule has 0 amide bonds. The van der Waals surface area contributed by atoms with Crippen molar-refractivity contribution in [2.45, 2.75) is 19.1 Å². The second-order valence-electron chi connectivity index (χ2n) is 5.90. The fourth-order valence-corrected chi connectivity index (χ4v) is 3.43. The summed E-state index contributed by atoms with van der Waals surface area (Å²) in [6, 6.07) is 5.38. The number of ether oxygens (including phenoxy) is 2. The van der Waals surface area contributed by atoms with E-state index in [0.29, 0.717) is 31.2 Å². The number of piperidine rings is 1. The van der Waals surface area contributed by atoms with E-state index in [1.54, 1.807) is 18.3 Å². The van der Waals surface area contributed by atoms with Crippen molar-refractivity contribution in [1.82, 2.24) is 9.38 Å². The van der Waals surface area contributed by atoms with Crippen molar-refractivity contribution in [2.75, 3.05) is 31.2 Å². The fraction of sp³-hybridized carbons (Fsp3) is 0.533. The quantitative estimate of drug-likeness (QED) is 0.634. The smallest absolute Gasteiger partial charge is 0.358 e. The van der Waals surface area contributed by atoms with E-state index in [1.165, 1.54) is 4.40 Å². The number of nitro groups is 1. The molecular formula is C15H18N4O4. The van der Waals surface area contributed by atoms with Crippen LogP contribution in [-0.4, -0.2) is 46.9 Å². The molecule has 2 saturated heterocycles. The molecule has 0 radical (unpaired) electrons. The second kappa shape index (κ2) is 5.78. The number of hydrogen-bond donors (Lipinski definition) is 0. The van der Waals surface area contributed by atoms with Crippen LogP contribution in [0.25, 0.3) is 5.65 Å². The van der Waals surface area contributed by atoms with Crippen LogP contribution in [0.15, 0.2) is 24.4 Å². The molecule has 4 heterocycles. The van der Waals surface area contributed by atoms with E-state index in [2.05, 4.69) is 4.98 Å². The number of hydrogen-bond acceptors (Lipinski definition) is 6. The van der Waals surface area contributed by atoms with Crippen LogP contribution in [0, 0.1) is 16.0 Å². The lowest BCUT2D eigenvalue weighted by Crippen LogP contribution is -2.41. The zero-order valence-electron chi connectivity index (χ0n) is 12.6. The van der Waals surface area contributed by atoms with Crippen LogP contribution < -0.4 is 4.90 Å². The first-order chi connectivity index (χ1) is 11.2. The first-order valence-electron chi connectivity index (χ1n) is 7.83. The molecule has 0 aromatic carbocycles. The molecule has 1 atom stereocenters. The third-order valence-electron chi connectivity index (χ3n) is 4.45. The summed E-state index contributed by atoms with van der Waals surface area (Å²) in [5, 5.41) is 11.5. The summed E-state index contributed by atoms with van der Waals surface area (Å²) in [6.45, 7) is 2.66. The molecule has 2 fully saturated rings. The molecule has 23 heavy (non-hydrogen) atoms. The summed E-state index contributed by atoms with van der Waals surface area (Å²) in [7, 11) is 0. The highest BCUT2D eigenvalue weighted by molar-refractivity contribution is 5.63.